The fourth-order valence-corrected chi connectivity index (χ4v) is 5.71. The van der Waals surface area contributed by atoms with Crippen LogP contribution in [0.3, 0.4) is 0 Å². The lowest BCUT2D eigenvalue weighted by atomic mass is 9.40. The number of allylic oxidation sites excluding steroid dienone is 8. The summed E-state index contributed by atoms with van der Waals surface area (Å²) in [7, 11) is 0. The van der Waals surface area contributed by atoms with Crippen LogP contribution < -0.4 is 0 Å². The van der Waals surface area contributed by atoms with E-state index in [2.05, 4.69) is 6.08 Å². The predicted molar refractivity (Wildman–Crippen MR) is 138 cm³/mol. The Kier molecular flexibility index (Phi) is 8.07. The third-order valence-electron chi connectivity index (χ3n) is 8.10. The predicted octanol–water partition coefficient (Wildman–Crippen LogP) is 7.26. The van der Waals surface area contributed by atoms with Crippen molar-refractivity contribution in [3.8, 4) is 0 Å². The molecule has 0 spiro atoms. The van der Waals surface area contributed by atoms with E-state index in [0.717, 1.165) is 11.1 Å². The van der Waals surface area contributed by atoms with Gasteiger partial charge in [-0.3, -0.25) is 14.4 Å². The van der Waals surface area contributed by atoms with Crippen molar-refractivity contribution in [3.63, 3.8) is 0 Å². The molecule has 4 nitrogen and oxygen atoms in total. The summed E-state index contributed by atoms with van der Waals surface area (Å²) in [6.45, 7) is 19.4. The normalized spacial score (nSPS) is 28.0. The maximum absolute atomic E-state index is 14.5. The van der Waals surface area contributed by atoms with E-state index < -0.39 is 27.9 Å². The Balaban J connectivity index is 3.01. The molecule has 0 aromatic carbocycles. The van der Waals surface area contributed by atoms with Gasteiger partial charge in [0.1, 0.15) is 16.7 Å². The molecular formula is C30H44O4. The highest BCUT2D eigenvalue weighted by atomic mass is 16.3. The summed E-state index contributed by atoms with van der Waals surface area (Å²) in [6.07, 6.45) is 7.73. The van der Waals surface area contributed by atoms with Crippen molar-refractivity contribution in [3.05, 3.63) is 46.3 Å². The fraction of sp³-hybridized carbons (Fsp3) is 0.633. The number of rotatable bonds is 8. The van der Waals surface area contributed by atoms with Crippen LogP contribution in [0.4, 0.5) is 0 Å². The van der Waals surface area contributed by atoms with Crippen molar-refractivity contribution in [1.82, 2.24) is 0 Å². The summed E-state index contributed by atoms with van der Waals surface area (Å²) in [5, 5.41) is 11.6. The van der Waals surface area contributed by atoms with Gasteiger partial charge in [0.15, 0.2) is 17.3 Å². The molecule has 0 saturated heterocycles. The van der Waals surface area contributed by atoms with Crippen molar-refractivity contribution in [1.29, 1.82) is 0 Å². The summed E-state index contributed by atoms with van der Waals surface area (Å²) in [5.74, 6) is -1.87. The molecule has 0 radical (unpaired) electrons. The van der Waals surface area contributed by atoms with Crippen LogP contribution in [0.25, 0.3) is 0 Å². The molecule has 34 heavy (non-hydrogen) atoms. The quantitative estimate of drug-likeness (QED) is 0.231. The summed E-state index contributed by atoms with van der Waals surface area (Å²) >= 11 is 0. The monoisotopic (exact) mass is 468 g/mol. The number of hydrogen-bond donors (Lipinski definition) is 1. The van der Waals surface area contributed by atoms with E-state index in [4.69, 9.17) is 0 Å². The summed E-state index contributed by atoms with van der Waals surface area (Å²) in [4.78, 5) is 42.2. The highest BCUT2D eigenvalue weighted by molar-refractivity contribution is 6.32. The van der Waals surface area contributed by atoms with Gasteiger partial charge in [0.25, 0.3) is 0 Å². The second kappa shape index (κ2) is 9.79. The molecule has 1 saturated carbocycles. The molecule has 1 N–H and O–H groups in total. The lowest BCUT2D eigenvalue weighted by Gasteiger charge is -2.60. The molecular weight excluding hydrogens is 424 g/mol. The smallest absolute Gasteiger partial charge is 0.184 e. The molecule has 0 amide bonds. The van der Waals surface area contributed by atoms with E-state index in [1.54, 1.807) is 13.8 Å². The second-order valence-corrected chi connectivity index (χ2v) is 12.0. The number of carbonyl (C=O) groups is 3. The first kappa shape index (κ1) is 28.0. The summed E-state index contributed by atoms with van der Waals surface area (Å²) in [6, 6.07) is 0. The summed E-state index contributed by atoms with van der Waals surface area (Å²) < 4.78 is 0. The Morgan fingerprint density at radius 2 is 1.44 bits per heavy atom. The van der Waals surface area contributed by atoms with Gasteiger partial charge < -0.3 is 5.11 Å². The molecule has 0 aromatic rings. The Bertz CT molecular complexity index is 989. The number of aliphatic hydroxyl groups excluding tert-OH is 1. The standard InChI is InChI=1S/C30H44O4/c1-18(2)11-12-22-17-29(15-13-19(3)4)25(32)23(24(31)21(7)8)26(33)30(27(29)34,28(22,9)10)16-14-20(5)6/h11,13-14,21-22,32H,12,15-17H2,1-10H3/t22-,29-,30+/m1/s1. The molecule has 3 atom stereocenters. The third kappa shape index (κ3) is 4.41. The third-order valence-corrected chi connectivity index (χ3v) is 8.10. The van der Waals surface area contributed by atoms with E-state index in [-0.39, 0.29) is 35.2 Å². The van der Waals surface area contributed by atoms with Gasteiger partial charge in [-0.1, -0.05) is 62.6 Å². The van der Waals surface area contributed by atoms with Crippen molar-refractivity contribution >= 4 is 17.3 Å². The van der Waals surface area contributed by atoms with Gasteiger partial charge in [-0.05, 0) is 78.6 Å². The average molecular weight is 469 g/mol. The van der Waals surface area contributed by atoms with Gasteiger partial charge in [-0.2, -0.15) is 0 Å². The molecule has 0 aromatic heterocycles. The molecule has 0 heterocycles. The molecule has 0 unspecified atom stereocenters. The minimum atomic E-state index is -1.40. The Hall–Kier alpha value is -2.23. The van der Waals surface area contributed by atoms with E-state index in [1.807, 2.05) is 67.5 Å². The van der Waals surface area contributed by atoms with Gasteiger partial charge in [-0.15, -0.1) is 0 Å². The van der Waals surface area contributed by atoms with E-state index >= 15 is 0 Å². The Morgan fingerprint density at radius 3 is 1.91 bits per heavy atom. The molecule has 2 aliphatic rings. The fourth-order valence-electron chi connectivity index (χ4n) is 5.71. The van der Waals surface area contributed by atoms with Crippen molar-refractivity contribution in [2.45, 2.75) is 94.9 Å². The average Bonchev–Trinajstić information content (AvgIpc) is 2.71. The van der Waals surface area contributed by atoms with Crippen LogP contribution in [0, 0.1) is 28.1 Å². The van der Waals surface area contributed by atoms with Crippen LogP contribution >= 0.6 is 0 Å². The minimum absolute atomic E-state index is 0.0157. The first-order chi connectivity index (χ1) is 15.6. The van der Waals surface area contributed by atoms with Crippen LogP contribution in [0.5, 0.6) is 0 Å². The number of ketones is 3. The number of carbonyl (C=O) groups excluding carboxylic acids is 3. The number of hydrogen-bond acceptors (Lipinski definition) is 4. The van der Waals surface area contributed by atoms with E-state index in [9.17, 15) is 19.5 Å². The molecule has 1 fully saturated rings. The molecule has 2 rings (SSSR count). The van der Waals surface area contributed by atoms with Gasteiger partial charge in [0.05, 0.1) is 5.41 Å². The van der Waals surface area contributed by atoms with Crippen LogP contribution in [0.2, 0.25) is 0 Å². The lowest BCUT2D eigenvalue weighted by Crippen LogP contribution is -2.67. The first-order valence-corrected chi connectivity index (χ1v) is 12.5. The zero-order chi connectivity index (χ0) is 26.2. The number of fused-ring (bicyclic) bond motifs is 2. The molecule has 2 aliphatic carbocycles. The maximum Gasteiger partial charge on any atom is 0.184 e. The second-order valence-electron chi connectivity index (χ2n) is 12.0. The van der Waals surface area contributed by atoms with Gasteiger partial charge in [0, 0.05) is 5.92 Å². The van der Waals surface area contributed by atoms with Gasteiger partial charge >= 0.3 is 0 Å². The van der Waals surface area contributed by atoms with Crippen molar-refractivity contribution < 1.29 is 19.5 Å². The van der Waals surface area contributed by atoms with Gasteiger partial charge in [0.2, 0.25) is 0 Å². The highest BCUT2D eigenvalue weighted by Gasteiger charge is 2.72. The van der Waals surface area contributed by atoms with E-state index in [1.165, 1.54) is 5.57 Å². The maximum atomic E-state index is 14.5. The Labute approximate surface area is 206 Å². The number of aliphatic hydroxyl groups is 1. The topological polar surface area (TPSA) is 71.4 Å². The first-order valence-electron chi connectivity index (χ1n) is 12.5. The molecule has 0 aliphatic heterocycles. The van der Waals surface area contributed by atoms with Gasteiger partial charge in [-0.25, -0.2) is 0 Å². The van der Waals surface area contributed by atoms with Crippen LogP contribution in [-0.4, -0.2) is 22.5 Å². The van der Waals surface area contributed by atoms with Crippen molar-refractivity contribution in [2.24, 2.45) is 28.1 Å². The molecule has 2 bridgehead atoms. The number of Topliss-reactive ketones (excluding diaryl/α,β-unsaturated/α-hetero) is 3. The Morgan fingerprint density at radius 1 is 0.941 bits per heavy atom. The molecule has 188 valence electrons. The lowest BCUT2D eigenvalue weighted by molar-refractivity contribution is -0.171. The zero-order valence-electron chi connectivity index (χ0n) is 22.9. The SMILES string of the molecule is CC(C)=CC[C@@H]1C[C@@]2(CC=C(C)C)C(=O)[C@](CC=C(C)C)(C(=O)C(C(=O)C(C)C)=C2O)C1(C)C. The van der Waals surface area contributed by atoms with Crippen molar-refractivity contribution in [2.75, 3.05) is 0 Å². The molecule has 4 heteroatoms. The zero-order valence-corrected chi connectivity index (χ0v) is 22.9. The highest BCUT2D eigenvalue weighted by Crippen LogP contribution is 2.66. The summed E-state index contributed by atoms with van der Waals surface area (Å²) in [5.41, 5.74) is -0.284. The van der Waals surface area contributed by atoms with Crippen LogP contribution in [0.15, 0.2) is 46.3 Å². The van der Waals surface area contributed by atoms with E-state index in [0.29, 0.717) is 19.3 Å². The largest absolute Gasteiger partial charge is 0.510 e. The minimum Gasteiger partial charge on any atom is -0.510 e. The van der Waals surface area contributed by atoms with Crippen LogP contribution in [0.1, 0.15) is 94.9 Å². The van der Waals surface area contributed by atoms with Crippen LogP contribution in [-0.2, 0) is 14.4 Å².